The number of aromatic nitrogens is 3. The van der Waals surface area contributed by atoms with Crippen molar-refractivity contribution < 1.29 is 8.78 Å². The number of aryl methyl sites for hydroxylation is 1. The van der Waals surface area contributed by atoms with Crippen LogP contribution < -0.4 is 10.9 Å². The maximum Gasteiger partial charge on any atom is 0.164 e. The summed E-state index contributed by atoms with van der Waals surface area (Å²) in [6, 6.07) is 5.77. The Balaban J connectivity index is 2.15. The number of allylic oxidation sites excluding steroid dienone is 2. The van der Waals surface area contributed by atoms with Crippen LogP contribution in [-0.4, -0.2) is 26.8 Å². The summed E-state index contributed by atoms with van der Waals surface area (Å²) < 4.78 is 28.5. The first-order valence-corrected chi connectivity index (χ1v) is 8.58. The third kappa shape index (κ3) is 3.80. The van der Waals surface area contributed by atoms with E-state index in [1.165, 1.54) is 25.4 Å². The Bertz CT molecular complexity index is 882. The molecule has 6 nitrogen and oxygen atoms in total. The molecule has 3 unspecified atom stereocenters. The molecule has 3 atom stereocenters. The first-order chi connectivity index (χ1) is 12.9. The number of hydrogen-bond donors (Lipinski definition) is 2. The van der Waals surface area contributed by atoms with Gasteiger partial charge in [0, 0.05) is 12.7 Å². The minimum absolute atomic E-state index is 0.323. The lowest BCUT2D eigenvalue weighted by molar-refractivity contribution is 0.269. The zero-order valence-electron chi connectivity index (χ0n) is 15.4. The molecule has 0 saturated heterocycles. The highest BCUT2D eigenvalue weighted by molar-refractivity contribution is 6.09. The molecule has 0 fully saturated rings. The average molecular weight is 372 g/mol. The molecule has 0 radical (unpaired) electrons. The zero-order chi connectivity index (χ0) is 19.6. The van der Waals surface area contributed by atoms with Gasteiger partial charge in [0.25, 0.3) is 0 Å². The maximum atomic E-state index is 13.5. The molecule has 0 amide bonds. The Kier molecular flexibility index (Phi) is 5.46. The largest absolute Gasteiger partial charge is 0.322 e. The molecule has 1 aromatic carbocycles. The van der Waals surface area contributed by atoms with Crippen LogP contribution >= 0.6 is 0 Å². The highest BCUT2D eigenvalue weighted by Gasteiger charge is 2.36. The standard InChI is InChI=1S/C19H22F2N6/c1-5-15-11(2)17(26-25-12(3)20)16(19-22-10-23-27(19)4)18(24-15)13-6-8-14(21)9-7-13/h5-10,12,16,18,25-26H,1H2,2-4H3. The highest BCUT2D eigenvalue weighted by Crippen LogP contribution is 2.42. The normalized spacial score (nSPS) is 21.0. The quantitative estimate of drug-likeness (QED) is 0.604. The summed E-state index contributed by atoms with van der Waals surface area (Å²) in [7, 11) is 1.79. The predicted octanol–water partition coefficient (Wildman–Crippen LogP) is 3.10. The minimum Gasteiger partial charge on any atom is -0.322 e. The van der Waals surface area contributed by atoms with E-state index in [0.29, 0.717) is 11.5 Å². The second kappa shape index (κ2) is 7.79. The zero-order valence-corrected chi connectivity index (χ0v) is 15.4. The lowest BCUT2D eigenvalue weighted by Gasteiger charge is -2.33. The van der Waals surface area contributed by atoms with E-state index >= 15 is 0 Å². The summed E-state index contributed by atoms with van der Waals surface area (Å²) in [5.74, 6) is -0.0278. The number of nitrogens with one attached hydrogen (secondary N) is 2. The third-order valence-electron chi connectivity index (χ3n) is 4.53. The number of dihydropyridines is 1. The second-order valence-corrected chi connectivity index (χ2v) is 6.36. The van der Waals surface area contributed by atoms with Gasteiger partial charge in [-0.2, -0.15) is 5.10 Å². The molecule has 0 bridgehead atoms. The van der Waals surface area contributed by atoms with Crippen LogP contribution in [-0.2, 0) is 7.05 Å². The number of alkyl halides is 1. The van der Waals surface area contributed by atoms with Crippen LogP contribution in [0.5, 0.6) is 0 Å². The van der Waals surface area contributed by atoms with Crippen molar-refractivity contribution in [1.82, 2.24) is 25.6 Å². The first-order valence-electron chi connectivity index (χ1n) is 8.58. The molecule has 8 heteroatoms. The number of nitrogens with zero attached hydrogens (tertiary/aromatic N) is 4. The summed E-state index contributed by atoms with van der Waals surface area (Å²) in [5, 5.41) is 4.16. The van der Waals surface area contributed by atoms with Crippen molar-refractivity contribution in [3.63, 3.8) is 0 Å². The van der Waals surface area contributed by atoms with Crippen molar-refractivity contribution in [3.8, 4) is 0 Å². The molecule has 2 aromatic rings. The number of rotatable bonds is 6. The van der Waals surface area contributed by atoms with Gasteiger partial charge in [-0.3, -0.25) is 9.67 Å². The van der Waals surface area contributed by atoms with E-state index in [2.05, 4.69) is 27.5 Å². The van der Waals surface area contributed by atoms with Gasteiger partial charge in [0.1, 0.15) is 18.0 Å². The summed E-state index contributed by atoms with van der Waals surface area (Å²) in [4.78, 5) is 9.20. The Morgan fingerprint density at radius 1 is 1.30 bits per heavy atom. The molecule has 27 heavy (non-hydrogen) atoms. The van der Waals surface area contributed by atoms with Gasteiger partial charge in [0.05, 0.1) is 17.7 Å². The fourth-order valence-electron chi connectivity index (χ4n) is 3.19. The van der Waals surface area contributed by atoms with E-state index < -0.39 is 12.3 Å². The number of hydrazine groups is 1. The second-order valence-electron chi connectivity index (χ2n) is 6.36. The van der Waals surface area contributed by atoms with Crippen molar-refractivity contribution in [1.29, 1.82) is 0 Å². The Morgan fingerprint density at radius 2 is 2.00 bits per heavy atom. The number of benzene rings is 1. The summed E-state index contributed by atoms with van der Waals surface area (Å²) in [5.41, 5.74) is 8.61. The molecule has 0 saturated carbocycles. The van der Waals surface area contributed by atoms with Crippen molar-refractivity contribution >= 4 is 5.71 Å². The molecule has 1 aromatic heterocycles. The van der Waals surface area contributed by atoms with Gasteiger partial charge in [-0.25, -0.2) is 19.2 Å². The molecule has 0 aliphatic carbocycles. The average Bonchev–Trinajstić information content (AvgIpc) is 3.06. The summed E-state index contributed by atoms with van der Waals surface area (Å²) in [6.07, 6.45) is 1.85. The molecular weight excluding hydrogens is 350 g/mol. The number of hydrogen-bond acceptors (Lipinski definition) is 5. The molecule has 3 rings (SSSR count). The lowest BCUT2D eigenvalue weighted by atomic mass is 9.84. The fourth-order valence-corrected chi connectivity index (χ4v) is 3.19. The van der Waals surface area contributed by atoms with E-state index in [1.807, 2.05) is 6.92 Å². The van der Waals surface area contributed by atoms with E-state index in [0.717, 1.165) is 16.8 Å². The van der Waals surface area contributed by atoms with Crippen LogP contribution in [0.1, 0.15) is 37.2 Å². The molecule has 1 aliphatic rings. The van der Waals surface area contributed by atoms with Crippen LogP contribution in [0.4, 0.5) is 8.78 Å². The Labute approximate surface area is 156 Å². The summed E-state index contributed by atoms with van der Waals surface area (Å²) >= 11 is 0. The molecule has 2 heterocycles. The third-order valence-corrected chi connectivity index (χ3v) is 4.53. The van der Waals surface area contributed by atoms with Crippen LogP contribution in [0.2, 0.25) is 0 Å². The molecular formula is C19H22F2N6. The van der Waals surface area contributed by atoms with Gasteiger partial charge < -0.3 is 5.43 Å². The van der Waals surface area contributed by atoms with Crippen molar-refractivity contribution in [2.75, 3.05) is 0 Å². The number of halogens is 2. The van der Waals surface area contributed by atoms with E-state index in [1.54, 1.807) is 29.9 Å². The van der Waals surface area contributed by atoms with E-state index in [4.69, 9.17) is 4.99 Å². The summed E-state index contributed by atoms with van der Waals surface area (Å²) in [6.45, 7) is 7.11. The molecule has 2 N–H and O–H groups in total. The molecule has 142 valence electrons. The maximum absolute atomic E-state index is 13.5. The van der Waals surface area contributed by atoms with Gasteiger partial charge in [0.2, 0.25) is 0 Å². The van der Waals surface area contributed by atoms with Gasteiger partial charge in [-0.15, -0.1) is 0 Å². The Hall–Kier alpha value is -2.87. The van der Waals surface area contributed by atoms with Crippen molar-refractivity contribution in [2.45, 2.75) is 32.1 Å². The fraction of sp³-hybridized carbons (Fsp3) is 0.316. The Morgan fingerprint density at radius 3 is 2.56 bits per heavy atom. The first kappa shape index (κ1) is 18.9. The minimum atomic E-state index is -1.26. The van der Waals surface area contributed by atoms with Crippen LogP contribution in [0.25, 0.3) is 0 Å². The van der Waals surface area contributed by atoms with Crippen LogP contribution in [0.3, 0.4) is 0 Å². The number of aliphatic imine (C=N–C) groups is 1. The van der Waals surface area contributed by atoms with Gasteiger partial charge >= 0.3 is 0 Å². The van der Waals surface area contributed by atoms with E-state index in [-0.39, 0.29) is 11.7 Å². The monoisotopic (exact) mass is 372 g/mol. The van der Waals surface area contributed by atoms with E-state index in [9.17, 15) is 8.78 Å². The van der Waals surface area contributed by atoms with Crippen molar-refractivity contribution in [2.24, 2.45) is 12.0 Å². The molecule has 1 aliphatic heterocycles. The SMILES string of the molecule is C=CC1=NC(c2ccc(F)cc2)C(c2ncnn2C)C(NNC(C)F)=C1C. The smallest absolute Gasteiger partial charge is 0.164 e. The lowest BCUT2D eigenvalue weighted by Crippen LogP contribution is -2.41. The van der Waals surface area contributed by atoms with Crippen LogP contribution in [0, 0.1) is 5.82 Å². The predicted molar refractivity (Wildman–Crippen MR) is 100 cm³/mol. The van der Waals surface area contributed by atoms with Crippen molar-refractivity contribution in [3.05, 3.63) is 71.7 Å². The topological polar surface area (TPSA) is 67.1 Å². The highest BCUT2D eigenvalue weighted by atomic mass is 19.1. The van der Waals surface area contributed by atoms with Gasteiger partial charge in [-0.1, -0.05) is 18.7 Å². The van der Waals surface area contributed by atoms with Gasteiger partial charge in [-0.05, 0) is 43.2 Å². The molecule has 0 spiro atoms. The van der Waals surface area contributed by atoms with Crippen LogP contribution in [0.15, 0.2) is 59.5 Å². The van der Waals surface area contributed by atoms with Gasteiger partial charge in [0.15, 0.2) is 6.30 Å².